The molecule has 0 spiro atoms. The van der Waals surface area contributed by atoms with Gasteiger partial charge in [0.05, 0.1) is 24.8 Å². The van der Waals surface area contributed by atoms with Crippen LogP contribution in [-0.4, -0.2) is 26.4 Å². The van der Waals surface area contributed by atoms with E-state index in [0.717, 1.165) is 31.6 Å². The van der Waals surface area contributed by atoms with E-state index in [9.17, 15) is 0 Å². The lowest BCUT2D eigenvalue weighted by Crippen LogP contribution is -2.05. The molecule has 0 aliphatic heterocycles. The van der Waals surface area contributed by atoms with Crippen molar-refractivity contribution in [2.24, 2.45) is 0 Å². The van der Waals surface area contributed by atoms with Crippen LogP contribution in [0.2, 0.25) is 0 Å². The summed E-state index contributed by atoms with van der Waals surface area (Å²) in [5, 5.41) is 8.83. The number of hydrogen-bond acceptors (Lipinski definition) is 3. The van der Waals surface area contributed by atoms with Crippen molar-refractivity contribution in [3.63, 3.8) is 0 Å². The molecule has 0 aromatic heterocycles. The molecule has 0 bridgehead atoms. The van der Waals surface area contributed by atoms with Crippen LogP contribution in [0.3, 0.4) is 0 Å². The van der Waals surface area contributed by atoms with E-state index in [1.54, 1.807) is 0 Å². The summed E-state index contributed by atoms with van der Waals surface area (Å²) in [6, 6.07) is 18.4. The van der Waals surface area contributed by atoms with Crippen molar-refractivity contribution in [1.29, 1.82) is 5.26 Å². The summed E-state index contributed by atoms with van der Waals surface area (Å²) in [4.78, 5) is 0. The van der Waals surface area contributed by atoms with Crippen molar-refractivity contribution < 1.29 is 9.47 Å². The minimum atomic E-state index is 0.672. The fraction of sp³-hybridized carbons (Fsp3) is 0.409. The summed E-state index contributed by atoms with van der Waals surface area (Å²) in [7, 11) is 0. The number of hydrogen-bond donors (Lipinski definition) is 0. The number of rotatable bonds is 9. The summed E-state index contributed by atoms with van der Waals surface area (Å²) in [6.07, 6.45) is 2.03. The Balaban J connectivity index is 0.00000151. The Morgan fingerprint density at radius 3 is 1.92 bits per heavy atom. The maximum Gasteiger partial charge on any atom is 0.0991 e. The van der Waals surface area contributed by atoms with Crippen LogP contribution in [0.5, 0.6) is 0 Å². The van der Waals surface area contributed by atoms with Gasteiger partial charge in [-0.25, -0.2) is 0 Å². The van der Waals surface area contributed by atoms with Crippen LogP contribution in [0, 0.1) is 11.3 Å². The standard InChI is InChI=1S/C20H23NO2.C2H6/c1-2-22-14-15-23-13-3-4-17-5-9-19(10-6-17)20-11-7-18(16-21)8-12-20;1-2/h5-12H,2-4,13-15H2,1H3;1-2H3. The van der Waals surface area contributed by atoms with Crippen LogP contribution in [0.4, 0.5) is 0 Å². The van der Waals surface area contributed by atoms with E-state index in [1.807, 2.05) is 45.0 Å². The third kappa shape index (κ3) is 7.98. The van der Waals surface area contributed by atoms with Gasteiger partial charge in [-0.15, -0.1) is 0 Å². The lowest BCUT2D eigenvalue weighted by atomic mass is 10.0. The van der Waals surface area contributed by atoms with Gasteiger partial charge in [0.25, 0.3) is 0 Å². The van der Waals surface area contributed by atoms with Crippen LogP contribution in [0.25, 0.3) is 11.1 Å². The Kier molecular flexibility index (Phi) is 11.0. The SMILES string of the molecule is CC.CCOCCOCCCc1ccc(-c2ccc(C#N)cc2)cc1. The second kappa shape index (κ2) is 13.2. The molecule has 3 nitrogen and oxygen atoms in total. The first-order chi connectivity index (χ1) is 12.3. The Bertz CT molecular complexity index is 612. The molecule has 0 unspecified atom stereocenters. The lowest BCUT2D eigenvalue weighted by Gasteiger charge is -2.06. The second-order valence-electron chi connectivity index (χ2n) is 5.30. The van der Waals surface area contributed by atoms with Crippen LogP contribution in [0.15, 0.2) is 48.5 Å². The highest BCUT2D eigenvalue weighted by Gasteiger charge is 1.99. The van der Waals surface area contributed by atoms with Crippen molar-refractivity contribution in [2.75, 3.05) is 26.4 Å². The van der Waals surface area contributed by atoms with Crippen LogP contribution in [0.1, 0.15) is 38.3 Å². The van der Waals surface area contributed by atoms with Gasteiger partial charge in [-0.05, 0) is 48.6 Å². The highest BCUT2D eigenvalue weighted by atomic mass is 16.5. The molecule has 2 aromatic rings. The molecule has 0 saturated heterocycles. The summed E-state index contributed by atoms with van der Waals surface area (Å²) >= 11 is 0. The molecule has 0 amide bonds. The molecule has 25 heavy (non-hydrogen) atoms. The van der Waals surface area contributed by atoms with Gasteiger partial charge in [-0.2, -0.15) is 5.26 Å². The average Bonchev–Trinajstić information content (AvgIpc) is 2.69. The van der Waals surface area contributed by atoms with E-state index in [0.29, 0.717) is 18.8 Å². The van der Waals surface area contributed by atoms with Gasteiger partial charge in [0.1, 0.15) is 0 Å². The normalized spacial score (nSPS) is 9.84. The number of benzene rings is 2. The average molecular weight is 339 g/mol. The summed E-state index contributed by atoms with van der Waals surface area (Å²) in [5.41, 5.74) is 4.31. The zero-order valence-electron chi connectivity index (χ0n) is 15.6. The predicted molar refractivity (Wildman–Crippen MR) is 104 cm³/mol. The van der Waals surface area contributed by atoms with E-state index in [-0.39, 0.29) is 0 Å². The fourth-order valence-corrected chi connectivity index (χ4v) is 2.34. The second-order valence-corrected chi connectivity index (χ2v) is 5.30. The largest absolute Gasteiger partial charge is 0.379 e. The van der Waals surface area contributed by atoms with E-state index in [2.05, 4.69) is 30.3 Å². The van der Waals surface area contributed by atoms with Crippen molar-refractivity contribution >= 4 is 0 Å². The lowest BCUT2D eigenvalue weighted by molar-refractivity contribution is 0.0520. The topological polar surface area (TPSA) is 42.2 Å². The van der Waals surface area contributed by atoms with E-state index < -0.39 is 0 Å². The van der Waals surface area contributed by atoms with Crippen LogP contribution < -0.4 is 0 Å². The molecule has 0 aliphatic rings. The van der Waals surface area contributed by atoms with Crippen LogP contribution >= 0.6 is 0 Å². The monoisotopic (exact) mass is 339 g/mol. The highest BCUT2D eigenvalue weighted by molar-refractivity contribution is 5.64. The molecule has 0 atom stereocenters. The van der Waals surface area contributed by atoms with E-state index >= 15 is 0 Å². The van der Waals surface area contributed by atoms with E-state index in [1.165, 1.54) is 11.1 Å². The zero-order valence-corrected chi connectivity index (χ0v) is 15.6. The summed E-state index contributed by atoms with van der Waals surface area (Å²) in [6.45, 7) is 8.85. The predicted octanol–water partition coefficient (Wildman–Crippen LogP) is 5.24. The van der Waals surface area contributed by atoms with Gasteiger partial charge in [0.15, 0.2) is 0 Å². The maximum absolute atomic E-state index is 8.83. The fourth-order valence-electron chi connectivity index (χ4n) is 2.34. The minimum absolute atomic E-state index is 0.672. The van der Waals surface area contributed by atoms with Gasteiger partial charge < -0.3 is 9.47 Å². The quantitative estimate of drug-likeness (QED) is 0.587. The Labute approximate surface area is 152 Å². The van der Waals surface area contributed by atoms with Gasteiger partial charge in [-0.3, -0.25) is 0 Å². The number of ether oxygens (including phenoxy) is 2. The Morgan fingerprint density at radius 2 is 1.36 bits per heavy atom. The molecule has 0 aliphatic carbocycles. The number of nitrogens with zero attached hydrogens (tertiary/aromatic N) is 1. The first-order valence-corrected chi connectivity index (χ1v) is 9.08. The zero-order chi connectivity index (χ0) is 18.3. The summed E-state index contributed by atoms with van der Waals surface area (Å²) in [5.74, 6) is 0. The first-order valence-electron chi connectivity index (χ1n) is 9.08. The molecule has 0 saturated carbocycles. The molecule has 0 heterocycles. The van der Waals surface area contributed by atoms with Crippen molar-refractivity contribution in [3.8, 4) is 17.2 Å². The first kappa shape index (κ1) is 20.9. The van der Waals surface area contributed by atoms with Crippen molar-refractivity contribution in [2.45, 2.75) is 33.6 Å². The Hall–Kier alpha value is -2.15. The molecule has 0 N–H and O–H groups in total. The molecular weight excluding hydrogens is 310 g/mol. The number of aryl methyl sites for hydroxylation is 1. The van der Waals surface area contributed by atoms with Gasteiger partial charge in [-0.1, -0.05) is 50.2 Å². The third-order valence-corrected chi connectivity index (χ3v) is 3.63. The Morgan fingerprint density at radius 1 is 0.800 bits per heavy atom. The molecule has 0 radical (unpaired) electrons. The molecular formula is C22H29NO2. The van der Waals surface area contributed by atoms with E-state index in [4.69, 9.17) is 14.7 Å². The molecule has 3 heteroatoms. The van der Waals surface area contributed by atoms with Crippen molar-refractivity contribution in [1.82, 2.24) is 0 Å². The van der Waals surface area contributed by atoms with Crippen molar-refractivity contribution in [3.05, 3.63) is 59.7 Å². The maximum atomic E-state index is 8.83. The molecule has 2 rings (SSSR count). The van der Waals surface area contributed by atoms with Gasteiger partial charge in [0, 0.05) is 13.2 Å². The molecule has 0 fully saturated rings. The summed E-state index contributed by atoms with van der Waals surface area (Å²) < 4.78 is 10.7. The van der Waals surface area contributed by atoms with Crippen LogP contribution in [-0.2, 0) is 15.9 Å². The molecule has 2 aromatic carbocycles. The smallest absolute Gasteiger partial charge is 0.0991 e. The van der Waals surface area contributed by atoms with Gasteiger partial charge in [0.2, 0.25) is 0 Å². The minimum Gasteiger partial charge on any atom is -0.379 e. The molecule has 134 valence electrons. The highest BCUT2D eigenvalue weighted by Crippen LogP contribution is 2.20. The van der Waals surface area contributed by atoms with Gasteiger partial charge >= 0.3 is 0 Å². The third-order valence-electron chi connectivity index (χ3n) is 3.63. The number of nitriles is 1.